The summed E-state index contributed by atoms with van der Waals surface area (Å²) in [5.74, 6) is 0.478. The molecule has 3 aromatic rings. The number of hydrogen-bond acceptors (Lipinski definition) is 3. The molecule has 3 rings (SSSR count). The Morgan fingerprint density at radius 3 is 2.41 bits per heavy atom. The van der Waals surface area contributed by atoms with Gasteiger partial charge in [-0.05, 0) is 35.4 Å². The molecule has 0 bridgehead atoms. The molecular formula is C19H17NO2. The smallest absolute Gasteiger partial charge is 0.200 e. The van der Waals surface area contributed by atoms with Gasteiger partial charge in [-0.25, -0.2) is 0 Å². The number of fused-ring (bicyclic) bond motifs is 1. The van der Waals surface area contributed by atoms with Crippen molar-refractivity contribution < 1.29 is 9.53 Å². The summed E-state index contributed by atoms with van der Waals surface area (Å²) in [7, 11) is 0. The zero-order valence-electron chi connectivity index (χ0n) is 12.4. The lowest BCUT2D eigenvalue weighted by atomic mass is 9.98. The number of para-hydroxylation sites is 2. The van der Waals surface area contributed by atoms with Crippen LogP contribution in [0.4, 0.5) is 5.69 Å². The number of carbonyl (C=O) groups is 1. The van der Waals surface area contributed by atoms with Crippen LogP contribution in [0.3, 0.4) is 0 Å². The van der Waals surface area contributed by atoms with E-state index in [1.807, 2.05) is 55.5 Å². The molecule has 0 aliphatic heterocycles. The molecule has 3 heteroatoms. The molecule has 0 spiro atoms. The Kier molecular flexibility index (Phi) is 3.79. The Balaban J connectivity index is 1.87. The van der Waals surface area contributed by atoms with Crippen molar-refractivity contribution in [3.05, 3.63) is 71.8 Å². The van der Waals surface area contributed by atoms with Crippen LogP contribution < -0.4 is 10.5 Å². The fraction of sp³-hybridized carbons (Fsp3) is 0.105. The second-order valence-electron chi connectivity index (χ2n) is 5.23. The summed E-state index contributed by atoms with van der Waals surface area (Å²) in [6.45, 7) is 2.01. The van der Waals surface area contributed by atoms with E-state index >= 15 is 0 Å². The normalized spacial score (nSPS) is 10.6. The lowest BCUT2D eigenvalue weighted by Crippen LogP contribution is -2.13. The van der Waals surface area contributed by atoms with Crippen molar-refractivity contribution in [2.45, 2.75) is 6.92 Å². The third-order valence-electron chi connectivity index (χ3n) is 3.72. The largest absolute Gasteiger partial charge is 0.483 e. The number of carbonyl (C=O) groups excluding carboxylic acids is 1. The van der Waals surface area contributed by atoms with Crippen LogP contribution in [0.5, 0.6) is 5.75 Å². The SMILES string of the molecule is Cc1ccc(C(=O)COc2ccccc2N)c2ccccc12. The standard InChI is InChI=1S/C19H17NO2/c1-13-10-11-16(15-7-3-2-6-14(13)15)18(21)12-22-19-9-5-4-8-17(19)20/h2-11H,12,20H2,1H3. The summed E-state index contributed by atoms with van der Waals surface area (Å²) in [6.07, 6.45) is 0. The Labute approximate surface area is 129 Å². The quantitative estimate of drug-likeness (QED) is 0.584. The van der Waals surface area contributed by atoms with E-state index in [1.165, 1.54) is 0 Å². The maximum atomic E-state index is 12.5. The first kappa shape index (κ1) is 14.1. The first-order valence-corrected chi connectivity index (χ1v) is 7.15. The molecule has 0 aliphatic carbocycles. The maximum Gasteiger partial charge on any atom is 0.200 e. The third kappa shape index (κ3) is 2.66. The number of aryl methyl sites for hydroxylation is 1. The highest BCUT2D eigenvalue weighted by molar-refractivity contribution is 6.09. The van der Waals surface area contributed by atoms with E-state index < -0.39 is 0 Å². The molecule has 22 heavy (non-hydrogen) atoms. The van der Waals surface area contributed by atoms with Gasteiger partial charge < -0.3 is 10.5 Å². The average Bonchev–Trinajstić information content (AvgIpc) is 2.54. The number of rotatable bonds is 4. The van der Waals surface area contributed by atoms with Gasteiger partial charge >= 0.3 is 0 Å². The van der Waals surface area contributed by atoms with Gasteiger partial charge in [0.2, 0.25) is 5.78 Å². The Hall–Kier alpha value is -2.81. The van der Waals surface area contributed by atoms with E-state index in [4.69, 9.17) is 10.5 Å². The Bertz CT molecular complexity index is 840. The molecule has 0 aromatic heterocycles. The van der Waals surface area contributed by atoms with Crippen molar-refractivity contribution in [3.63, 3.8) is 0 Å². The zero-order chi connectivity index (χ0) is 15.5. The maximum absolute atomic E-state index is 12.5. The highest BCUT2D eigenvalue weighted by Crippen LogP contribution is 2.24. The predicted octanol–water partition coefficient (Wildman–Crippen LogP) is 3.99. The summed E-state index contributed by atoms with van der Waals surface area (Å²) in [5, 5.41) is 2.05. The van der Waals surface area contributed by atoms with E-state index in [0.29, 0.717) is 17.0 Å². The molecular weight excluding hydrogens is 274 g/mol. The van der Waals surface area contributed by atoms with Crippen LogP contribution >= 0.6 is 0 Å². The zero-order valence-corrected chi connectivity index (χ0v) is 12.4. The molecule has 0 unspecified atom stereocenters. The van der Waals surface area contributed by atoms with Crippen molar-refractivity contribution in [1.29, 1.82) is 0 Å². The van der Waals surface area contributed by atoms with Gasteiger partial charge in [0.15, 0.2) is 6.61 Å². The van der Waals surface area contributed by atoms with Gasteiger partial charge in [0.1, 0.15) is 5.75 Å². The van der Waals surface area contributed by atoms with Crippen molar-refractivity contribution in [2.75, 3.05) is 12.3 Å². The van der Waals surface area contributed by atoms with E-state index in [0.717, 1.165) is 16.3 Å². The Morgan fingerprint density at radius 1 is 0.955 bits per heavy atom. The molecule has 2 N–H and O–H groups in total. The third-order valence-corrected chi connectivity index (χ3v) is 3.72. The lowest BCUT2D eigenvalue weighted by Gasteiger charge is -2.10. The van der Waals surface area contributed by atoms with Crippen LogP contribution in [-0.4, -0.2) is 12.4 Å². The van der Waals surface area contributed by atoms with E-state index in [2.05, 4.69) is 0 Å². The van der Waals surface area contributed by atoms with E-state index in [-0.39, 0.29) is 12.4 Å². The van der Waals surface area contributed by atoms with Crippen LogP contribution in [0.2, 0.25) is 0 Å². The molecule has 3 aromatic carbocycles. The molecule has 0 saturated heterocycles. The first-order valence-electron chi connectivity index (χ1n) is 7.15. The van der Waals surface area contributed by atoms with Gasteiger partial charge in [0.05, 0.1) is 5.69 Å². The summed E-state index contributed by atoms with van der Waals surface area (Å²) in [6, 6.07) is 18.9. The van der Waals surface area contributed by atoms with Crippen molar-refractivity contribution >= 4 is 22.2 Å². The highest BCUT2D eigenvalue weighted by atomic mass is 16.5. The first-order chi connectivity index (χ1) is 10.7. The van der Waals surface area contributed by atoms with Crippen LogP contribution in [-0.2, 0) is 0 Å². The van der Waals surface area contributed by atoms with Crippen LogP contribution in [0.1, 0.15) is 15.9 Å². The molecule has 0 heterocycles. The van der Waals surface area contributed by atoms with Crippen LogP contribution in [0, 0.1) is 6.92 Å². The minimum absolute atomic E-state index is 0.0265. The number of Topliss-reactive ketones (excluding diaryl/α,β-unsaturated/α-hetero) is 1. The van der Waals surface area contributed by atoms with Crippen LogP contribution in [0.25, 0.3) is 10.8 Å². The van der Waals surface area contributed by atoms with Crippen molar-refractivity contribution in [3.8, 4) is 5.75 Å². The van der Waals surface area contributed by atoms with Gasteiger partial charge in [0, 0.05) is 5.56 Å². The molecule has 0 saturated carbocycles. The second-order valence-corrected chi connectivity index (χ2v) is 5.23. The number of hydrogen-bond donors (Lipinski definition) is 1. The van der Waals surface area contributed by atoms with E-state index in [9.17, 15) is 4.79 Å². The number of ether oxygens (including phenoxy) is 1. The van der Waals surface area contributed by atoms with Gasteiger partial charge in [-0.2, -0.15) is 0 Å². The number of benzene rings is 3. The molecule has 0 radical (unpaired) electrons. The molecule has 3 nitrogen and oxygen atoms in total. The predicted molar refractivity (Wildman–Crippen MR) is 89.4 cm³/mol. The number of nitrogen functional groups attached to an aromatic ring is 1. The molecule has 0 atom stereocenters. The molecule has 0 fully saturated rings. The fourth-order valence-corrected chi connectivity index (χ4v) is 2.53. The number of ketones is 1. The summed E-state index contributed by atoms with van der Waals surface area (Å²) in [5.41, 5.74) is 8.18. The van der Waals surface area contributed by atoms with Crippen molar-refractivity contribution in [2.24, 2.45) is 0 Å². The highest BCUT2D eigenvalue weighted by Gasteiger charge is 2.12. The minimum Gasteiger partial charge on any atom is -0.483 e. The summed E-state index contributed by atoms with van der Waals surface area (Å²) < 4.78 is 5.56. The monoisotopic (exact) mass is 291 g/mol. The minimum atomic E-state index is -0.0561. The second kappa shape index (κ2) is 5.90. The summed E-state index contributed by atoms with van der Waals surface area (Å²) in [4.78, 5) is 12.5. The molecule has 110 valence electrons. The van der Waals surface area contributed by atoms with Gasteiger partial charge in [0.25, 0.3) is 0 Å². The van der Waals surface area contributed by atoms with Crippen molar-refractivity contribution in [1.82, 2.24) is 0 Å². The number of nitrogens with two attached hydrogens (primary N) is 1. The summed E-state index contributed by atoms with van der Waals surface area (Å²) >= 11 is 0. The van der Waals surface area contributed by atoms with Gasteiger partial charge in [-0.3, -0.25) is 4.79 Å². The van der Waals surface area contributed by atoms with E-state index in [1.54, 1.807) is 12.1 Å². The number of anilines is 1. The van der Waals surface area contributed by atoms with Gasteiger partial charge in [-0.1, -0.05) is 48.5 Å². The van der Waals surface area contributed by atoms with Crippen LogP contribution in [0.15, 0.2) is 60.7 Å². The Morgan fingerprint density at radius 2 is 1.64 bits per heavy atom. The molecule has 0 amide bonds. The average molecular weight is 291 g/mol. The van der Waals surface area contributed by atoms with Gasteiger partial charge in [-0.15, -0.1) is 0 Å². The lowest BCUT2D eigenvalue weighted by molar-refractivity contribution is 0.0924. The topological polar surface area (TPSA) is 52.3 Å². The fourth-order valence-electron chi connectivity index (χ4n) is 2.53. The molecule has 0 aliphatic rings.